The average molecular weight is 174 g/mol. The Balaban J connectivity index is 2.64. The van der Waals surface area contributed by atoms with Crippen LogP contribution in [0, 0.1) is 0 Å². The van der Waals surface area contributed by atoms with Gasteiger partial charge in [0.1, 0.15) is 6.04 Å². The topological polar surface area (TPSA) is 78.9 Å². The second kappa shape index (κ2) is 3.51. The molecule has 1 aliphatic heterocycles. The van der Waals surface area contributed by atoms with Crippen LogP contribution in [-0.4, -0.2) is 41.4 Å². The summed E-state index contributed by atoms with van der Waals surface area (Å²) >= 11 is 0. The molecule has 1 fully saturated rings. The Bertz CT molecular complexity index is 206. The maximum atomic E-state index is 11.1. The fraction of sp³-hybridized carbons (Fsp3) is 0.667. The van der Waals surface area contributed by atoms with E-state index in [2.05, 4.69) is 5.32 Å². The smallest absolute Gasteiger partial charge is 0.349 e. The van der Waals surface area contributed by atoms with Crippen molar-refractivity contribution in [2.45, 2.75) is 13.0 Å². The lowest BCUT2D eigenvalue weighted by atomic mass is 10.3. The van der Waals surface area contributed by atoms with E-state index in [0.717, 1.165) is 0 Å². The van der Waals surface area contributed by atoms with E-state index in [4.69, 9.17) is 9.94 Å². The van der Waals surface area contributed by atoms with Crippen molar-refractivity contribution >= 4 is 11.9 Å². The van der Waals surface area contributed by atoms with Gasteiger partial charge in [-0.05, 0) is 6.92 Å². The molecule has 68 valence electrons. The molecular weight excluding hydrogens is 164 g/mol. The number of carbonyl (C=O) groups excluding carboxylic acids is 2. The van der Waals surface area contributed by atoms with Crippen LogP contribution in [0.25, 0.3) is 0 Å². The van der Waals surface area contributed by atoms with E-state index in [9.17, 15) is 9.59 Å². The lowest BCUT2D eigenvalue weighted by molar-refractivity contribution is -0.162. The Kier molecular flexibility index (Phi) is 2.61. The monoisotopic (exact) mass is 174 g/mol. The molecule has 1 heterocycles. The zero-order valence-corrected chi connectivity index (χ0v) is 6.61. The van der Waals surface area contributed by atoms with Crippen molar-refractivity contribution in [2.75, 3.05) is 13.2 Å². The maximum Gasteiger partial charge on any atom is 0.349 e. The first-order valence-corrected chi connectivity index (χ1v) is 3.59. The summed E-state index contributed by atoms with van der Waals surface area (Å²) in [5.41, 5.74) is 0. The molecule has 3 amide bonds. The number of aliphatic hydroxyl groups excluding tert-OH is 1. The minimum atomic E-state index is -0.857. The van der Waals surface area contributed by atoms with Crippen LogP contribution in [0.15, 0.2) is 0 Å². The van der Waals surface area contributed by atoms with Crippen molar-refractivity contribution < 1.29 is 19.5 Å². The minimum Gasteiger partial charge on any atom is -0.394 e. The molecule has 6 heteroatoms. The van der Waals surface area contributed by atoms with Crippen molar-refractivity contribution in [1.82, 2.24) is 10.4 Å². The lowest BCUT2D eigenvalue weighted by Gasteiger charge is -2.09. The number of rotatable bonds is 3. The largest absolute Gasteiger partial charge is 0.394 e. The fourth-order valence-electron chi connectivity index (χ4n) is 0.886. The number of imide groups is 1. The lowest BCUT2D eigenvalue weighted by Crippen LogP contribution is -2.33. The molecule has 2 N–H and O–H groups in total. The molecule has 0 aromatic rings. The summed E-state index contributed by atoms with van der Waals surface area (Å²) in [5, 5.41) is 11.5. The van der Waals surface area contributed by atoms with E-state index in [1.165, 1.54) is 0 Å². The van der Waals surface area contributed by atoms with Crippen LogP contribution in [0.3, 0.4) is 0 Å². The van der Waals surface area contributed by atoms with Gasteiger partial charge in [0.2, 0.25) is 0 Å². The van der Waals surface area contributed by atoms with E-state index in [-0.39, 0.29) is 6.61 Å². The van der Waals surface area contributed by atoms with Gasteiger partial charge >= 0.3 is 6.03 Å². The molecule has 0 aliphatic carbocycles. The Morgan fingerprint density at radius 1 is 1.67 bits per heavy atom. The van der Waals surface area contributed by atoms with Crippen LogP contribution in [-0.2, 0) is 9.63 Å². The molecule has 0 aromatic heterocycles. The number of hydrogen-bond acceptors (Lipinski definition) is 4. The first-order valence-electron chi connectivity index (χ1n) is 3.59. The van der Waals surface area contributed by atoms with Crippen LogP contribution >= 0.6 is 0 Å². The summed E-state index contributed by atoms with van der Waals surface area (Å²) in [6.45, 7) is 1.48. The molecule has 0 saturated carbocycles. The van der Waals surface area contributed by atoms with Crippen LogP contribution in [0.4, 0.5) is 4.79 Å². The zero-order chi connectivity index (χ0) is 9.14. The van der Waals surface area contributed by atoms with Crippen LogP contribution in [0.2, 0.25) is 0 Å². The number of hydrogen-bond donors (Lipinski definition) is 2. The second-order valence-corrected chi connectivity index (χ2v) is 2.24. The molecule has 12 heavy (non-hydrogen) atoms. The number of hydroxylamine groups is 2. The van der Waals surface area contributed by atoms with E-state index >= 15 is 0 Å². The van der Waals surface area contributed by atoms with Crippen molar-refractivity contribution in [3.8, 4) is 0 Å². The van der Waals surface area contributed by atoms with Gasteiger partial charge in [0.05, 0.1) is 13.2 Å². The highest BCUT2D eigenvalue weighted by Gasteiger charge is 2.38. The number of aliphatic hydroxyl groups is 1. The Morgan fingerprint density at radius 2 is 2.33 bits per heavy atom. The van der Waals surface area contributed by atoms with Crippen LogP contribution < -0.4 is 5.32 Å². The second-order valence-electron chi connectivity index (χ2n) is 2.24. The molecule has 6 nitrogen and oxygen atoms in total. The van der Waals surface area contributed by atoms with Gasteiger partial charge < -0.3 is 10.4 Å². The highest BCUT2D eigenvalue weighted by molar-refractivity contribution is 6.03. The van der Waals surface area contributed by atoms with Crippen molar-refractivity contribution in [1.29, 1.82) is 0 Å². The van der Waals surface area contributed by atoms with Gasteiger partial charge in [-0.15, -0.1) is 5.06 Å². The zero-order valence-electron chi connectivity index (χ0n) is 6.61. The summed E-state index contributed by atoms with van der Waals surface area (Å²) in [6.07, 6.45) is 0. The van der Waals surface area contributed by atoms with E-state index in [1.54, 1.807) is 6.92 Å². The summed E-state index contributed by atoms with van der Waals surface area (Å²) in [7, 11) is 0. The highest BCUT2D eigenvalue weighted by Crippen LogP contribution is 2.05. The van der Waals surface area contributed by atoms with Gasteiger partial charge in [-0.1, -0.05) is 0 Å². The molecule has 0 aromatic carbocycles. The third-order valence-electron chi connectivity index (χ3n) is 1.42. The average Bonchev–Trinajstić information content (AvgIpc) is 2.32. The van der Waals surface area contributed by atoms with Gasteiger partial charge in [0.15, 0.2) is 0 Å². The fourth-order valence-corrected chi connectivity index (χ4v) is 0.886. The molecule has 0 radical (unpaired) electrons. The Labute approximate surface area is 69.1 Å². The standard InChI is InChI=1S/C6H10N2O4/c1-2-12-8-5(10)4(3-9)7-6(8)11/h4,9H,2-3H2,1H3,(H,7,11). The van der Waals surface area contributed by atoms with Gasteiger partial charge in [0.25, 0.3) is 5.91 Å². The third kappa shape index (κ3) is 1.39. The number of nitrogens with zero attached hydrogens (tertiary/aromatic N) is 1. The maximum absolute atomic E-state index is 11.1. The number of urea groups is 1. The molecule has 1 unspecified atom stereocenters. The van der Waals surface area contributed by atoms with E-state index < -0.39 is 24.6 Å². The molecule has 1 saturated heterocycles. The Morgan fingerprint density at radius 3 is 2.75 bits per heavy atom. The number of carbonyl (C=O) groups is 2. The summed E-state index contributed by atoms with van der Waals surface area (Å²) in [5.74, 6) is -0.552. The van der Waals surface area contributed by atoms with Crippen LogP contribution in [0.5, 0.6) is 0 Å². The summed E-state index contributed by atoms with van der Waals surface area (Å²) < 4.78 is 0. The molecule has 1 rings (SSSR count). The molecule has 1 atom stereocenters. The molecular formula is C6H10N2O4. The minimum absolute atomic E-state index is 0.233. The normalized spacial score (nSPS) is 23.2. The van der Waals surface area contributed by atoms with Crippen molar-refractivity contribution in [3.63, 3.8) is 0 Å². The van der Waals surface area contributed by atoms with E-state index in [1.807, 2.05) is 0 Å². The van der Waals surface area contributed by atoms with Crippen molar-refractivity contribution in [3.05, 3.63) is 0 Å². The number of nitrogens with one attached hydrogen (secondary N) is 1. The van der Waals surface area contributed by atoms with Gasteiger partial charge in [-0.25, -0.2) is 4.79 Å². The highest BCUT2D eigenvalue weighted by atomic mass is 16.7. The van der Waals surface area contributed by atoms with Gasteiger partial charge in [-0.3, -0.25) is 9.63 Å². The molecule has 1 aliphatic rings. The molecule has 0 bridgehead atoms. The van der Waals surface area contributed by atoms with Gasteiger partial charge in [0, 0.05) is 0 Å². The molecule has 0 spiro atoms. The Hall–Kier alpha value is -1.14. The first-order chi connectivity index (χ1) is 5.70. The SMILES string of the molecule is CCON1C(=O)NC(CO)C1=O. The van der Waals surface area contributed by atoms with E-state index in [0.29, 0.717) is 5.06 Å². The predicted octanol–water partition coefficient (Wildman–Crippen LogP) is -1.15. The first kappa shape index (κ1) is 8.95. The third-order valence-corrected chi connectivity index (χ3v) is 1.42. The quantitative estimate of drug-likeness (QED) is 0.529. The predicted molar refractivity (Wildman–Crippen MR) is 37.9 cm³/mol. The van der Waals surface area contributed by atoms with Gasteiger partial charge in [-0.2, -0.15) is 0 Å². The number of amides is 3. The van der Waals surface area contributed by atoms with Crippen LogP contribution in [0.1, 0.15) is 6.92 Å². The summed E-state index contributed by atoms with van der Waals surface area (Å²) in [4.78, 5) is 26.7. The summed E-state index contributed by atoms with van der Waals surface area (Å²) in [6, 6.07) is -1.48. The van der Waals surface area contributed by atoms with Crippen molar-refractivity contribution in [2.24, 2.45) is 0 Å².